The van der Waals surface area contributed by atoms with Crippen molar-refractivity contribution in [1.82, 2.24) is 9.97 Å². The summed E-state index contributed by atoms with van der Waals surface area (Å²) < 4.78 is 0. The Morgan fingerprint density at radius 1 is 1.21 bits per heavy atom. The highest BCUT2D eigenvalue weighted by Gasteiger charge is 2.21. The number of aromatic nitrogens is 2. The fourth-order valence-corrected chi connectivity index (χ4v) is 5.82. The number of benzene rings is 1. The van der Waals surface area contributed by atoms with Gasteiger partial charge in [0.2, 0.25) is 0 Å². The zero-order valence-corrected chi connectivity index (χ0v) is 17.7. The molecule has 0 atom stereocenters. The molecule has 0 saturated carbocycles. The lowest BCUT2D eigenvalue weighted by Gasteiger charge is -2.33. The monoisotopic (exact) mass is 410 g/mol. The molecule has 6 nitrogen and oxygen atoms in total. The molecule has 1 aromatic carbocycles. The number of nitrogens with one attached hydrogen (secondary N) is 3. The molecule has 7 heteroatoms. The van der Waals surface area contributed by atoms with Crippen molar-refractivity contribution in [2.75, 3.05) is 42.9 Å². The molecule has 2 aliphatic rings. The van der Waals surface area contributed by atoms with Gasteiger partial charge in [-0.15, -0.1) is 11.3 Å². The number of hydrogen-bond acceptors (Lipinski definition) is 5. The molecule has 0 amide bonds. The smallest absolute Gasteiger partial charge is 0.259 e. The standard InChI is InChI=1S/C22H27N5OS/c1-2-26-10-12-27(13-11-26)16-8-6-15(7-9-16)23-14-19-24-21(28)20-17-4-3-5-18(17)29-22(20)25-19/h6-9,23H,2-5,10-14H2,1H3,(H,24,25,28)/p+1. The van der Waals surface area contributed by atoms with E-state index in [2.05, 4.69) is 46.4 Å². The highest BCUT2D eigenvalue weighted by Crippen LogP contribution is 2.34. The van der Waals surface area contributed by atoms with Crippen LogP contribution in [0.1, 0.15) is 29.6 Å². The van der Waals surface area contributed by atoms with E-state index >= 15 is 0 Å². The zero-order valence-electron chi connectivity index (χ0n) is 16.9. The van der Waals surface area contributed by atoms with Crippen LogP contribution in [0, 0.1) is 0 Å². The van der Waals surface area contributed by atoms with Crippen molar-refractivity contribution in [3.05, 3.63) is 50.9 Å². The van der Waals surface area contributed by atoms with Crippen LogP contribution in [0.4, 0.5) is 11.4 Å². The Morgan fingerprint density at radius 2 is 2.00 bits per heavy atom. The van der Waals surface area contributed by atoms with Crippen molar-refractivity contribution < 1.29 is 4.90 Å². The zero-order chi connectivity index (χ0) is 19.8. The van der Waals surface area contributed by atoms with E-state index in [0.717, 1.165) is 48.3 Å². The van der Waals surface area contributed by atoms with E-state index in [1.807, 2.05) is 0 Å². The summed E-state index contributed by atoms with van der Waals surface area (Å²) in [6.45, 7) is 8.65. The van der Waals surface area contributed by atoms with Crippen LogP contribution < -0.4 is 20.7 Å². The lowest BCUT2D eigenvalue weighted by molar-refractivity contribution is -0.898. The highest BCUT2D eigenvalue weighted by atomic mass is 32.1. The van der Waals surface area contributed by atoms with Gasteiger partial charge in [0.25, 0.3) is 5.56 Å². The number of hydrogen-bond donors (Lipinski definition) is 3. The molecule has 1 saturated heterocycles. The summed E-state index contributed by atoms with van der Waals surface area (Å²) in [5.74, 6) is 0.699. The summed E-state index contributed by atoms with van der Waals surface area (Å²) >= 11 is 1.69. The van der Waals surface area contributed by atoms with Gasteiger partial charge < -0.3 is 20.1 Å². The van der Waals surface area contributed by atoms with Gasteiger partial charge in [-0.2, -0.15) is 0 Å². The van der Waals surface area contributed by atoms with Crippen molar-refractivity contribution in [1.29, 1.82) is 0 Å². The molecule has 0 spiro atoms. The van der Waals surface area contributed by atoms with E-state index in [1.165, 1.54) is 35.8 Å². The highest BCUT2D eigenvalue weighted by molar-refractivity contribution is 7.18. The molecule has 0 unspecified atom stereocenters. The molecule has 1 aliphatic heterocycles. The van der Waals surface area contributed by atoms with Crippen LogP contribution >= 0.6 is 11.3 Å². The Hall–Kier alpha value is -2.38. The molecular weight excluding hydrogens is 382 g/mol. The number of likely N-dealkylation sites (N-methyl/N-ethyl adjacent to an activating group) is 1. The Kier molecular flexibility index (Phi) is 5.01. The molecule has 2 aromatic heterocycles. The van der Waals surface area contributed by atoms with Crippen molar-refractivity contribution in [2.24, 2.45) is 0 Å². The predicted octanol–water partition coefficient (Wildman–Crippen LogP) is 1.81. The minimum absolute atomic E-state index is 0.00917. The van der Waals surface area contributed by atoms with Crippen LogP contribution in [0.25, 0.3) is 10.2 Å². The van der Waals surface area contributed by atoms with Gasteiger partial charge in [-0.25, -0.2) is 4.98 Å². The number of quaternary nitrogens is 1. The van der Waals surface area contributed by atoms with E-state index in [-0.39, 0.29) is 5.56 Å². The van der Waals surface area contributed by atoms with Crippen LogP contribution in [0.3, 0.4) is 0 Å². The van der Waals surface area contributed by atoms with Crippen LogP contribution in [0.5, 0.6) is 0 Å². The molecule has 1 aliphatic carbocycles. The van der Waals surface area contributed by atoms with E-state index in [9.17, 15) is 4.79 Å². The summed E-state index contributed by atoms with van der Waals surface area (Å²) in [5, 5.41) is 4.22. The number of aryl methyl sites for hydroxylation is 2. The van der Waals surface area contributed by atoms with Crippen LogP contribution in [-0.4, -0.2) is 42.7 Å². The third-order valence-electron chi connectivity index (χ3n) is 6.29. The van der Waals surface area contributed by atoms with Gasteiger partial charge in [-0.1, -0.05) is 0 Å². The average Bonchev–Trinajstić information content (AvgIpc) is 3.34. The quantitative estimate of drug-likeness (QED) is 0.600. The maximum atomic E-state index is 12.6. The molecular formula is C22H28N5OS+. The molecule has 3 N–H and O–H groups in total. The molecule has 0 bridgehead atoms. The number of nitrogens with zero attached hydrogens (tertiary/aromatic N) is 2. The predicted molar refractivity (Wildman–Crippen MR) is 119 cm³/mol. The third-order valence-corrected chi connectivity index (χ3v) is 7.47. The van der Waals surface area contributed by atoms with E-state index in [4.69, 9.17) is 4.98 Å². The van der Waals surface area contributed by atoms with Crippen LogP contribution in [0.15, 0.2) is 29.1 Å². The number of rotatable bonds is 5. The number of anilines is 2. The molecule has 1 fully saturated rings. The first-order valence-electron chi connectivity index (χ1n) is 10.7. The molecule has 3 aromatic rings. The van der Waals surface area contributed by atoms with Crippen molar-refractivity contribution in [3.8, 4) is 0 Å². The first-order valence-corrected chi connectivity index (χ1v) is 11.5. The first kappa shape index (κ1) is 18.6. The third kappa shape index (κ3) is 3.65. The van der Waals surface area contributed by atoms with Gasteiger partial charge >= 0.3 is 0 Å². The van der Waals surface area contributed by atoms with Gasteiger partial charge in [-0.3, -0.25) is 4.79 Å². The lowest BCUT2D eigenvalue weighted by atomic mass is 10.2. The number of thiophene rings is 1. The second kappa shape index (κ2) is 7.80. The summed E-state index contributed by atoms with van der Waals surface area (Å²) in [4.78, 5) is 26.6. The van der Waals surface area contributed by atoms with E-state index in [0.29, 0.717) is 12.4 Å². The summed E-state index contributed by atoms with van der Waals surface area (Å²) in [6, 6.07) is 8.60. The molecule has 0 radical (unpaired) electrons. The first-order chi connectivity index (χ1) is 14.2. The maximum Gasteiger partial charge on any atom is 0.259 e. The Labute approximate surface area is 174 Å². The molecule has 152 valence electrons. The van der Waals surface area contributed by atoms with Crippen molar-refractivity contribution in [3.63, 3.8) is 0 Å². The molecule has 3 heterocycles. The Bertz CT molecular complexity index is 1060. The Balaban J connectivity index is 1.25. The maximum absolute atomic E-state index is 12.6. The SMILES string of the molecule is CC[NH+]1CCN(c2ccc(NCc3nc4sc5c(c4c(=O)[nH]3)CCC5)cc2)CC1. The van der Waals surface area contributed by atoms with Crippen LogP contribution in [0.2, 0.25) is 0 Å². The number of fused-ring (bicyclic) bond motifs is 3. The summed E-state index contributed by atoms with van der Waals surface area (Å²) in [6.07, 6.45) is 3.26. The number of H-pyrrole nitrogens is 1. The van der Waals surface area contributed by atoms with E-state index < -0.39 is 0 Å². The minimum atomic E-state index is 0.00917. The van der Waals surface area contributed by atoms with Gasteiger partial charge in [0, 0.05) is 16.3 Å². The van der Waals surface area contributed by atoms with Crippen molar-refractivity contribution >= 4 is 32.9 Å². The van der Waals surface area contributed by atoms with Gasteiger partial charge in [-0.05, 0) is 56.0 Å². The normalized spacial score (nSPS) is 17.1. The second-order valence-electron chi connectivity index (χ2n) is 8.04. The van der Waals surface area contributed by atoms with E-state index in [1.54, 1.807) is 16.2 Å². The minimum Gasteiger partial charge on any atom is -0.378 e. The molecule has 5 rings (SSSR count). The Morgan fingerprint density at radius 3 is 2.76 bits per heavy atom. The topological polar surface area (TPSA) is 65.5 Å². The van der Waals surface area contributed by atoms with Gasteiger partial charge in [0.1, 0.15) is 10.7 Å². The van der Waals surface area contributed by atoms with Gasteiger partial charge in [0.05, 0.1) is 44.7 Å². The largest absolute Gasteiger partial charge is 0.378 e. The summed E-state index contributed by atoms with van der Waals surface area (Å²) in [5.41, 5.74) is 3.57. The number of aromatic amines is 1. The number of piperazine rings is 1. The molecule has 29 heavy (non-hydrogen) atoms. The van der Waals surface area contributed by atoms with Gasteiger partial charge in [0.15, 0.2) is 0 Å². The fourth-order valence-electron chi connectivity index (χ4n) is 4.54. The second-order valence-corrected chi connectivity index (χ2v) is 9.12. The fraction of sp³-hybridized carbons (Fsp3) is 0.455. The lowest BCUT2D eigenvalue weighted by Crippen LogP contribution is -3.14. The van der Waals surface area contributed by atoms with Crippen LogP contribution in [-0.2, 0) is 19.4 Å². The summed E-state index contributed by atoms with van der Waals surface area (Å²) in [7, 11) is 0. The average molecular weight is 411 g/mol. The van der Waals surface area contributed by atoms with Crippen molar-refractivity contribution in [2.45, 2.75) is 32.7 Å².